The van der Waals surface area contributed by atoms with Crippen molar-refractivity contribution in [3.63, 3.8) is 0 Å². The molecule has 0 radical (unpaired) electrons. The highest BCUT2D eigenvalue weighted by Crippen LogP contribution is 2.19. The van der Waals surface area contributed by atoms with E-state index >= 15 is 0 Å². The summed E-state index contributed by atoms with van der Waals surface area (Å²) < 4.78 is 0. The highest BCUT2D eigenvalue weighted by molar-refractivity contribution is 5.78. The number of piperidine rings is 1. The Morgan fingerprint density at radius 1 is 1.36 bits per heavy atom. The van der Waals surface area contributed by atoms with Gasteiger partial charge < -0.3 is 10.6 Å². The number of rotatable bonds is 6. The number of hydrogen-bond donors (Lipinski definition) is 1. The van der Waals surface area contributed by atoms with Crippen molar-refractivity contribution in [1.82, 2.24) is 9.80 Å². The molecule has 1 aromatic rings. The Labute approximate surface area is 134 Å². The number of nitrogens with zero attached hydrogens (tertiary/aromatic N) is 2. The number of amides is 1. The maximum absolute atomic E-state index is 12.7. The summed E-state index contributed by atoms with van der Waals surface area (Å²) in [5, 5.41) is 0. The predicted molar refractivity (Wildman–Crippen MR) is 90.4 cm³/mol. The van der Waals surface area contributed by atoms with Crippen LogP contribution in [0.25, 0.3) is 0 Å². The number of benzene rings is 1. The van der Waals surface area contributed by atoms with Gasteiger partial charge in [-0.2, -0.15) is 0 Å². The molecule has 22 heavy (non-hydrogen) atoms. The summed E-state index contributed by atoms with van der Waals surface area (Å²) in [6, 6.07) is 10.6. The van der Waals surface area contributed by atoms with E-state index in [2.05, 4.69) is 24.0 Å². The summed E-state index contributed by atoms with van der Waals surface area (Å²) in [6.07, 6.45) is 3.50. The van der Waals surface area contributed by atoms with Crippen molar-refractivity contribution in [1.29, 1.82) is 0 Å². The molecule has 0 aliphatic carbocycles. The Kier molecular flexibility index (Phi) is 6.40. The molecule has 4 heteroatoms. The van der Waals surface area contributed by atoms with Crippen LogP contribution in [-0.4, -0.2) is 47.4 Å². The number of nitrogens with two attached hydrogens (primary N) is 1. The van der Waals surface area contributed by atoms with Gasteiger partial charge in [0.05, 0.1) is 6.54 Å². The van der Waals surface area contributed by atoms with E-state index in [0.29, 0.717) is 19.1 Å². The van der Waals surface area contributed by atoms with Crippen LogP contribution < -0.4 is 5.73 Å². The Morgan fingerprint density at radius 3 is 2.73 bits per heavy atom. The normalized spacial score (nSPS) is 20.6. The van der Waals surface area contributed by atoms with Crippen molar-refractivity contribution < 1.29 is 4.79 Å². The smallest absolute Gasteiger partial charge is 0.237 e. The van der Waals surface area contributed by atoms with Gasteiger partial charge >= 0.3 is 0 Å². The number of hydrogen-bond acceptors (Lipinski definition) is 3. The molecule has 0 saturated carbocycles. The van der Waals surface area contributed by atoms with E-state index in [-0.39, 0.29) is 11.9 Å². The van der Waals surface area contributed by atoms with Crippen molar-refractivity contribution in [2.75, 3.05) is 19.6 Å². The van der Waals surface area contributed by atoms with Crippen molar-refractivity contribution in [3.05, 3.63) is 35.9 Å². The maximum Gasteiger partial charge on any atom is 0.237 e. The van der Waals surface area contributed by atoms with Gasteiger partial charge in [-0.1, -0.05) is 36.8 Å². The zero-order valence-electron chi connectivity index (χ0n) is 13.9. The second-order valence-corrected chi connectivity index (χ2v) is 6.29. The predicted octanol–water partition coefficient (Wildman–Crippen LogP) is 2.24. The standard InChI is InChI=1S/C18H29N3O/c1-3-20(13-16-9-5-4-6-10-16)18(22)14-21-12-8-7-11-17(21)15(2)19/h4-6,9-10,15,17H,3,7-8,11-14,19H2,1-2H3. The van der Waals surface area contributed by atoms with Gasteiger partial charge in [0, 0.05) is 25.2 Å². The van der Waals surface area contributed by atoms with Gasteiger partial charge in [-0.15, -0.1) is 0 Å². The minimum Gasteiger partial charge on any atom is -0.338 e. The van der Waals surface area contributed by atoms with Crippen molar-refractivity contribution in [3.8, 4) is 0 Å². The van der Waals surface area contributed by atoms with Crippen LogP contribution in [0.15, 0.2) is 30.3 Å². The van der Waals surface area contributed by atoms with E-state index in [1.165, 1.54) is 18.4 Å². The SMILES string of the molecule is CCN(Cc1ccccc1)C(=O)CN1CCCCC1C(C)N. The minimum absolute atomic E-state index is 0.122. The van der Waals surface area contributed by atoms with Gasteiger partial charge in [0.25, 0.3) is 0 Å². The van der Waals surface area contributed by atoms with Gasteiger partial charge in [0.1, 0.15) is 0 Å². The minimum atomic E-state index is 0.122. The van der Waals surface area contributed by atoms with E-state index in [1.807, 2.05) is 30.0 Å². The number of likely N-dealkylation sites (tertiary alicyclic amines) is 1. The molecule has 1 amide bonds. The van der Waals surface area contributed by atoms with E-state index in [4.69, 9.17) is 5.73 Å². The maximum atomic E-state index is 12.7. The molecule has 2 rings (SSSR count). The topological polar surface area (TPSA) is 49.6 Å². The van der Waals surface area contributed by atoms with Gasteiger partial charge in [-0.3, -0.25) is 9.69 Å². The molecule has 4 nitrogen and oxygen atoms in total. The van der Waals surface area contributed by atoms with Crippen LogP contribution in [0.4, 0.5) is 0 Å². The first kappa shape index (κ1) is 17.0. The van der Waals surface area contributed by atoms with Crippen molar-refractivity contribution in [2.24, 2.45) is 5.73 Å². The highest BCUT2D eigenvalue weighted by atomic mass is 16.2. The van der Waals surface area contributed by atoms with Crippen LogP contribution in [0, 0.1) is 0 Å². The fraction of sp³-hybridized carbons (Fsp3) is 0.611. The summed E-state index contributed by atoms with van der Waals surface area (Å²) in [4.78, 5) is 16.9. The van der Waals surface area contributed by atoms with Crippen molar-refractivity contribution in [2.45, 2.75) is 51.7 Å². The van der Waals surface area contributed by atoms with Crippen LogP contribution >= 0.6 is 0 Å². The lowest BCUT2D eigenvalue weighted by molar-refractivity contribution is -0.133. The lowest BCUT2D eigenvalue weighted by atomic mass is 9.97. The molecule has 1 aliphatic rings. The second kappa shape index (κ2) is 8.30. The van der Waals surface area contributed by atoms with Crippen LogP contribution in [0.1, 0.15) is 38.7 Å². The summed E-state index contributed by atoms with van der Waals surface area (Å²) >= 11 is 0. The molecule has 1 saturated heterocycles. The fourth-order valence-electron chi connectivity index (χ4n) is 3.26. The van der Waals surface area contributed by atoms with Gasteiger partial charge in [0.2, 0.25) is 5.91 Å². The first-order valence-corrected chi connectivity index (χ1v) is 8.43. The summed E-state index contributed by atoms with van der Waals surface area (Å²) in [6.45, 7) is 7.00. The zero-order chi connectivity index (χ0) is 15.9. The molecule has 1 aromatic carbocycles. The molecule has 0 spiro atoms. The first-order valence-electron chi connectivity index (χ1n) is 8.43. The van der Waals surface area contributed by atoms with Gasteiger partial charge in [-0.25, -0.2) is 0 Å². The molecule has 2 N–H and O–H groups in total. The van der Waals surface area contributed by atoms with Gasteiger partial charge in [-0.05, 0) is 38.8 Å². The zero-order valence-corrected chi connectivity index (χ0v) is 13.9. The number of likely N-dealkylation sites (N-methyl/N-ethyl adjacent to an activating group) is 1. The van der Waals surface area contributed by atoms with Crippen LogP contribution in [0.3, 0.4) is 0 Å². The number of carbonyl (C=O) groups excluding carboxylic acids is 1. The summed E-state index contributed by atoms with van der Waals surface area (Å²) in [7, 11) is 0. The van der Waals surface area contributed by atoms with Gasteiger partial charge in [0.15, 0.2) is 0 Å². The Morgan fingerprint density at radius 2 is 2.09 bits per heavy atom. The summed E-state index contributed by atoms with van der Waals surface area (Å²) in [5.41, 5.74) is 7.28. The second-order valence-electron chi connectivity index (χ2n) is 6.29. The van der Waals surface area contributed by atoms with Crippen molar-refractivity contribution >= 4 is 5.91 Å². The van der Waals surface area contributed by atoms with E-state index in [0.717, 1.165) is 19.5 Å². The lowest BCUT2D eigenvalue weighted by Gasteiger charge is -2.38. The van der Waals surface area contributed by atoms with E-state index in [9.17, 15) is 4.79 Å². The molecular weight excluding hydrogens is 274 g/mol. The molecule has 122 valence electrons. The molecular formula is C18H29N3O. The third kappa shape index (κ3) is 4.55. The molecule has 1 aliphatic heterocycles. The van der Waals surface area contributed by atoms with Crippen LogP contribution in [0.2, 0.25) is 0 Å². The Balaban J connectivity index is 1.96. The fourth-order valence-corrected chi connectivity index (χ4v) is 3.26. The molecule has 0 bridgehead atoms. The Bertz CT molecular complexity index is 461. The molecule has 2 atom stereocenters. The van der Waals surface area contributed by atoms with E-state index in [1.54, 1.807) is 0 Å². The average molecular weight is 303 g/mol. The van der Waals surface area contributed by atoms with Crippen LogP contribution in [-0.2, 0) is 11.3 Å². The Hall–Kier alpha value is -1.39. The average Bonchev–Trinajstić information content (AvgIpc) is 2.53. The van der Waals surface area contributed by atoms with Crippen LogP contribution in [0.5, 0.6) is 0 Å². The quantitative estimate of drug-likeness (QED) is 0.877. The monoisotopic (exact) mass is 303 g/mol. The summed E-state index contributed by atoms with van der Waals surface area (Å²) in [5.74, 6) is 0.207. The third-order valence-corrected chi connectivity index (χ3v) is 4.56. The van der Waals surface area contributed by atoms with E-state index < -0.39 is 0 Å². The third-order valence-electron chi connectivity index (χ3n) is 4.56. The molecule has 1 fully saturated rings. The number of carbonyl (C=O) groups is 1. The largest absolute Gasteiger partial charge is 0.338 e. The first-order chi connectivity index (χ1) is 10.6. The molecule has 1 heterocycles. The molecule has 0 aromatic heterocycles. The lowest BCUT2D eigenvalue weighted by Crippen LogP contribution is -2.52. The highest BCUT2D eigenvalue weighted by Gasteiger charge is 2.28. The molecule has 2 unspecified atom stereocenters.